The highest BCUT2D eigenvalue weighted by Crippen LogP contribution is 2.62. The molecule has 0 aromatic heterocycles. The highest BCUT2D eigenvalue weighted by molar-refractivity contribution is 6.24. The van der Waals surface area contributed by atoms with Crippen LogP contribution in [0.2, 0.25) is 0 Å². The average molecular weight is 570 g/mol. The van der Waals surface area contributed by atoms with Crippen LogP contribution < -0.4 is 15.5 Å². The van der Waals surface area contributed by atoms with Crippen LogP contribution in [-0.4, -0.2) is 12.1 Å². The van der Waals surface area contributed by atoms with E-state index in [-0.39, 0.29) is 17.5 Å². The van der Waals surface area contributed by atoms with E-state index in [1.54, 1.807) is 0 Å². The Kier molecular flexibility index (Phi) is 6.27. The van der Waals surface area contributed by atoms with Gasteiger partial charge in [-0.2, -0.15) is 0 Å². The number of rotatable bonds is 4. The molecule has 0 amide bonds. The summed E-state index contributed by atoms with van der Waals surface area (Å²) in [5.41, 5.74) is 12.3. The molecule has 4 aromatic rings. The normalized spacial score (nSPS) is 21.1. The second-order valence-electron chi connectivity index (χ2n) is 12.3. The van der Waals surface area contributed by atoms with E-state index >= 15 is 0 Å². The Labute approximate surface area is 260 Å². The molecule has 0 saturated heterocycles. The molecule has 214 valence electrons. The van der Waals surface area contributed by atoms with Gasteiger partial charge in [-0.05, 0) is 57.8 Å². The van der Waals surface area contributed by atoms with Crippen molar-refractivity contribution in [3.05, 3.63) is 180 Å². The maximum absolute atomic E-state index is 3.95. The highest BCUT2D eigenvalue weighted by Gasteiger charge is 2.47. The van der Waals surface area contributed by atoms with Crippen molar-refractivity contribution in [3.8, 4) is 11.1 Å². The quantitative estimate of drug-likeness (QED) is 0.257. The second-order valence-corrected chi connectivity index (χ2v) is 12.3. The molecule has 1 aliphatic carbocycles. The van der Waals surface area contributed by atoms with Gasteiger partial charge in [0, 0.05) is 22.2 Å². The first-order valence-electron chi connectivity index (χ1n) is 15.5. The van der Waals surface area contributed by atoms with Crippen LogP contribution in [0.15, 0.2) is 163 Å². The molecule has 0 saturated carbocycles. The Bertz CT molecular complexity index is 1940. The minimum absolute atomic E-state index is 0.0951. The molecule has 8 rings (SSSR count). The van der Waals surface area contributed by atoms with E-state index in [1.807, 2.05) is 12.3 Å². The Morgan fingerprint density at radius 1 is 0.591 bits per heavy atom. The van der Waals surface area contributed by atoms with Gasteiger partial charge in [-0.25, -0.2) is 0 Å². The standard InChI is InChI=1S/C41H35N3/c1-41(2)39(29-18-7-4-8-19-29)37(28-16-5-3-6-17-28)38-32-22-10-9-20-30(32)31-21-11-12-25-35(31)44(40(38)41)36-26-15-24-34(43-36)33-23-13-14-27-42-33/h3-27,33-34,42-43H,1-2H3. The molecule has 3 heteroatoms. The van der Waals surface area contributed by atoms with Crippen molar-refractivity contribution in [2.75, 3.05) is 4.90 Å². The van der Waals surface area contributed by atoms with Crippen molar-refractivity contribution in [2.24, 2.45) is 5.41 Å². The zero-order valence-electron chi connectivity index (χ0n) is 25.0. The largest absolute Gasteiger partial charge is 0.382 e. The SMILES string of the molecule is CC1(C)C(c2ccccc2)=C(c2ccccc2)C2=C1N(C1=CC=CC(C3C=CC=CN3)N1)c1ccccc1-c1ccccc12. The van der Waals surface area contributed by atoms with E-state index < -0.39 is 0 Å². The zero-order chi connectivity index (χ0) is 29.7. The molecule has 0 spiro atoms. The van der Waals surface area contributed by atoms with E-state index in [4.69, 9.17) is 0 Å². The van der Waals surface area contributed by atoms with Crippen molar-refractivity contribution >= 4 is 22.4 Å². The second kappa shape index (κ2) is 10.5. The van der Waals surface area contributed by atoms with Crippen LogP contribution in [0.4, 0.5) is 5.69 Å². The van der Waals surface area contributed by atoms with Gasteiger partial charge in [0.05, 0.1) is 17.8 Å². The van der Waals surface area contributed by atoms with Crippen molar-refractivity contribution in [3.63, 3.8) is 0 Å². The summed E-state index contributed by atoms with van der Waals surface area (Å²) >= 11 is 0. The minimum Gasteiger partial charge on any atom is -0.382 e. The first kappa shape index (κ1) is 26.4. The first-order chi connectivity index (χ1) is 21.6. The minimum atomic E-state index is -0.336. The molecule has 2 N–H and O–H groups in total. The maximum atomic E-state index is 3.95. The summed E-state index contributed by atoms with van der Waals surface area (Å²) in [5, 5.41) is 7.48. The number of dihydropyridines is 2. The molecule has 0 radical (unpaired) electrons. The van der Waals surface area contributed by atoms with Crippen LogP contribution in [0.3, 0.4) is 0 Å². The fourth-order valence-corrected chi connectivity index (χ4v) is 7.41. The predicted octanol–water partition coefficient (Wildman–Crippen LogP) is 8.95. The molecule has 0 bridgehead atoms. The zero-order valence-corrected chi connectivity index (χ0v) is 25.0. The van der Waals surface area contributed by atoms with E-state index in [0.29, 0.717) is 0 Å². The number of allylic oxidation sites excluding steroid dienone is 7. The topological polar surface area (TPSA) is 27.3 Å². The first-order valence-corrected chi connectivity index (χ1v) is 15.5. The van der Waals surface area contributed by atoms with E-state index in [1.165, 1.54) is 55.9 Å². The van der Waals surface area contributed by atoms with E-state index in [9.17, 15) is 0 Å². The average Bonchev–Trinajstić information content (AvgIpc) is 3.24. The number of nitrogens with zero attached hydrogens (tertiary/aromatic N) is 1. The van der Waals surface area contributed by atoms with Crippen LogP contribution in [0.25, 0.3) is 27.8 Å². The summed E-state index contributed by atoms with van der Waals surface area (Å²) in [6.07, 6.45) is 15.1. The third-order valence-electron chi connectivity index (χ3n) is 9.26. The number of hydrogen-bond donors (Lipinski definition) is 2. The third kappa shape index (κ3) is 4.11. The predicted molar refractivity (Wildman–Crippen MR) is 184 cm³/mol. The summed E-state index contributed by atoms with van der Waals surface area (Å²) in [6.45, 7) is 4.80. The van der Waals surface area contributed by atoms with Crippen LogP contribution in [-0.2, 0) is 0 Å². The lowest BCUT2D eigenvalue weighted by Gasteiger charge is -2.41. The fourth-order valence-electron chi connectivity index (χ4n) is 7.41. The maximum Gasteiger partial charge on any atom is 0.111 e. The molecule has 4 aliphatic rings. The Morgan fingerprint density at radius 3 is 1.95 bits per heavy atom. The fraction of sp³-hybridized carbons (Fsp3) is 0.122. The van der Waals surface area contributed by atoms with Gasteiger partial charge >= 0.3 is 0 Å². The molecule has 3 heterocycles. The van der Waals surface area contributed by atoms with Crippen LogP contribution in [0.5, 0.6) is 0 Å². The lowest BCUT2D eigenvalue weighted by atomic mass is 9.78. The molecule has 3 nitrogen and oxygen atoms in total. The summed E-state index contributed by atoms with van der Waals surface area (Å²) < 4.78 is 0. The van der Waals surface area contributed by atoms with Crippen molar-refractivity contribution in [1.29, 1.82) is 0 Å². The molecule has 2 atom stereocenters. The molecule has 3 aliphatic heterocycles. The van der Waals surface area contributed by atoms with Gasteiger partial charge in [0.25, 0.3) is 0 Å². The van der Waals surface area contributed by atoms with Gasteiger partial charge in [0.15, 0.2) is 0 Å². The third-order valence-corrected chi connectivity index (χ3v) is 9.26. The number of fused-ring (bicyclic) bond motifs is 4. The molecule has 2 unspecified atom stereocenters. The van der Waals surface area contributed by atoms with Crippen molar-refractivity contribution in [1.82, 2.24) is 10.6 Å². The molecular weight excluding hydrogens is 534 g/mol. The molecular formula is C41H35N3. The number of para-hydroxylation sites is 1. The number of benzene rings is 4. The van der Waals surface area contributed by atoms with Gasteiger partial charge in [0.1, 0.15) is 5.82 Å². The summed E-state index contributed by atoms with van der Waals surface area (Å²) in [4.78, 5) is 2.52. The van der Waals surface area contributed by atoms with Gasteiger partial charge in [-0.3, -0.25) is 4.90 Å². The van der Waals surface area contributed by atoms with Crippen molar-refractivity contribution in [2.45, 2.75) is 25.9 Å². The van der Waals surface area contributed by atoms with Gasteiger partial charge < -0.3 is 10.6 Å². The van der Waals surface area contributed by atoms with Crippen LogP contribution in [0, 0.1) is 5.41 Å². The Balaban J connectivity index is 1.43. The van der Waals surface area contributed by atoms with Gasteiger partial charge in [0.2, 0.25) is 0 Å². The van der Waals surface area contributed by atoms with Gasteiger partial charge in [-0.15, -0.1) is 0 Å². The lowest BCUT2D eigenvalue weighted by molar-refractivity contribution is 0.525. The molecule has 0 fully saturated rings. The van der Waals surface area contributed by atoms with Crippen molar-refractivity contribution < 1.29 is 0 Å². The van der Waals surface area contributed by atoms with Crippen LogP contribution >= 0.6 is 0 Å². The van der Waals surface area contributed by atoms with Gasteiger partial charge in [-0.1, -0.05) is 141 Å². The highest BCUT2D eigenvalue weighted by atomic mass is 15.3. The molecule has 44 heavy (non-hydrogen) atoms. The summed E-state index contributed by atoms with van der Waals surface area (Å²) in [7, 11) is 0. The Morgan fingerprint density at radius 2 is 1.23 bits per heavy atom. The van der Waals surface area contributed by atoms with E-state index in [0.717, 1.165) is 5.82 Å². The smallest absolute Gasteiger partial charge is 0.111 e. The van der Waals surface area contributed by atoms with Crippen LogP contribution in [0.1, 0.15) is 30.5 Å². The van der Waals surface area contributed by atoms with E-state index in [2.05, 4.69) is 169 Å². The monoisotopic (exact) mass is 569 g/mol. The Hall–Kier alpha value is -5.28. The summed E-state index contributed by atoms with van der Waals surface area (Å²) in [5.74, 6) is 1.07. The number of nitrogens with one attached hydrogen (secondary N) is 2. The lowest BCUT2D eigenvalue weighted by Crippen LogP contribution is -2.49. The summed E-state index contributed by atoms with van der Waals surface area (Å²) in [6, 6.07) is 40.0. The number of anilines is 1. The number of hydrogen-bond acceptors (Lipinski definition) is 3. The molecule has 4 aromatic carbocycles.